The Morgan fingerprint density at radius 1 is 1.14 bits per heavy atom. The van der Waals surface area contributed by atoms with Gasteiger partial charge in [-0.3, -0.25) is 10.3 Å². The molecule has 1 aliphatic heterocycles. The van der Waals surface area contributed by atoms with Crippen LogP contribution in [0.4, 0.5) is 11.6 Å². The van der Waals surface area contributed by atoms with E-state index in [4.69, 9.17) is 11.1 Å². The highest BCUT2D eigenvalue weighted by Gasteiger charge is 2.27. The lowest BCUT2D eigenvalue weighted by Crippen LogP contribution is -2.48. The van der Waals surface area contributed by atoms with E-state index in [0.717, 1.165) is 32.0 Å². The van der Waals surface area contributed by atoms with E-state index < -0.39 is 0 Å². The van der Waals surface area contributed by atoms with E-state index in [-0.39, 0.29) is 4.62 Å². The molecule has 2 heterocycles. The van der Waals surface area contributed by atoms with E-state index in [1.165, 1.54) is 37.6 Å². The van der Waals surface area contributed by atoms with Crippen molar-refractivity contribution < 1.29 is 0 Å². The van der Waals surface area contributed by atoms with Gasteiger partial charge in [0, 0.05) is 32.2 Å². The second-order valence-electron chi connectivity index (χ2n) is 7.22. The SMILES string of the molecule is CCCCCC(c1ccccc1)N1CCN(c2ncnc(N)c2C(=N)Br)CC1. The van der Waals surface area contributed by atoms with Gasteiger partial charge in [-0.2, -0.15) is 0 Å². The second kappa shape index (κ2) is 9.98. The zero-order valence-corrected chi connectivity index (χ0v) is 18.0. The second-order valence-corrected chi connectivity index (χ2v) is 8.01. The van der Waals surface area contributed by atoms with E-state index >= 15 is 0 Å². The predicted molar refractivity (Wildman–Crippen MR) is 119 cm³/mol. The maximum Gasteiger partial charge on any atom is 0.144 e. The first-order valence-electron chi connectivity index (χ1n) is 10.0. The van der Waals surface area contributed by atoms with Crippen LogP contribution in [0.3, 0.4) is 0 Å². The number of nitrogen functional groups attached to an aromatic ring is 1. The lowest BCUT2D eigenvalue weighted by Gasteiger charge is -2.40. The van der Waals surface area contributed by atoms with Crippen LogP contribution in [0.5, 0.6) is 0 Å². The molecule has 0 saturated carbocycles. The maximum absolute atomic E-state index is 7.97. The molecule has 1 saturated heterocycles. The molecule has 3 N–H and O–H groups in total. The molecule has 150 valence electrons. The molecule has 3 rings (SSSR count). The number of aromatic nitrogens is 2. The van der Waals surface area contributed by atoms with Crippen LogP contribution in [0.25, 0.3) is 0 Å². The minimum absolute atomic E-state index is 0.227. The quantitative estimate of drug-likeness (QED) is 0.470. The smallest absolute Gasteiger partial charge is 0.144 e. The fourth-order valence-corrected chi connectivity index (χ4v) is 4.29. The van der Waals surface area contributed by atoms with Crippen molar-refractivity contribution in [2.75, 3.05) is 36.8 Å². The number of hydrogen-bond acceptors (Lipinski definition) is 6. The number of hydrogen-bond donors (Lipinski definition) is 2. The summed E-state index contributed by atoms with van der Waals surface area (Å²) in [5, 5.41) is 7.97. The van der Waals surface area contributed by atoms with Crippen LogP contribution in [0, 0.1) is 5.41 Å². The Balaban J connectivity index is 1.72. The highest BCUT2D eigenvalue weighted by molar-refractivity contribution is 9.18. The Kier molecular flexibility index (Phi) is 7.39. The molecule has 0 spiro atoms. The van der Waals surface area contributed by atoms with E-state index in [2.05, 4.69) is 73.0 Å². The molecular formula is C21H29BrN6. The Labute approximate surface area is 175 Å². The molecule has 6 nitrogen and oxygen atoms in total. The Bertz CT molecular complexity index is 774. The summed E-state index contributed by atoms with van der Waals surface area (Å²) >= 11 is 3.24. The summed E-state index contributed by atoms with van der Waals surface area (Å²) in [6.45, 7) is 5.90. The standard InChI is InChI=1S/C21H29BrN6/c1-2-3-5-10-17(16-8-6-4-7-9-16)27-11-13-28(14-12-27)21-18(19(22)23)20(24)25-15-26-21/h4,6-9,15,17,23H,2-3,5,10-14H2,1H3,(H2,24,25,26). The largest absolute Gasteiger partial charge is 0.383 e. The van der Waals surface area contributed by atoms with Crippen molar-refractivity contribution in [2.24, 2.45) is 0 Å². The molecule has 28 heavy (non-hydrogen) atoms. The van der Waals surface area contributed by atoms with Gasteiger partial charge < -0.3 is 10.6 Å². The average Bonchev–Trinajstić information content (AvgIpc) is 2.72. The van der Waals surface area contributed by atoms with Crippen LogP contribution in [0.1, 0.15) is 49.8 Å². The van der Waals surface area contributed by atoms with Crippen molar-refractivity contribution in [1.82, 2.24) is 14.9 Å². The van der Waals surface area contributed by atoms with Gasteiger partial charge in [0.2, 0.25) is 0 Å². The molecule has 1 fully saturated rings. The average molecular weight is 445 g/mol. The molecule has 7 heteroatoms. The van der Waals surface area contributed by atoms with Crippen molar-refractivity contribution in [1.29, 1.82) is 5.41 Å². The minimum Gasteiger partial charge on any atom is -0.383 e. The Hall–Kier alpha value is -1.99. The molecule has 0 radical (unpaired) electrons. The van der Waals surface area contributed by atoms with Crippen LogP contribution >= 0.6 is 15.9 Å². The fraction of sp³-hybridized carbons (Fsp3) is 0.476. The summed E-state index contributed by atoms with van der Waals surface area (Å²) in [5.41, 5.74) is 7.98. The van der Waals surface area contributed by atoms with E-state index in [0.29, 0.717) is 17.4 Å². The van der Waals surface area contributed by atoms with E-state index in [1.54, 1.807) is 0 Å². The van der Waals surface area contributed by atoms with Crippen molar-refractivity contribution in [3.63, 3.8) is 0 Å². The zero-order valence-electron chi connectivity index (χ0n) is 16.4. The molecule has 1 aromatic carbocycles. The van der Waals surface area contributed by atoms with Crippen molar-refractivity contribution in [3.05, 3.63) is 47.8 Å². The van der Waals surface area contributed by atoms with Crippen molar-refractivity contribution in [3.8, 4) is 0 Å². The van der Waals surface area contributed by atoms with Gasteiger partial charge in [-0.1, -0.05) is 56.5 Å². The molecule has 0 aliphatic carbocycles. The summed E-state index contributed by atoms with van der Waals surface area (Å²) in [7, 11) is 0. The maximum atomic E-state index is 7.97. The van der Waals surface area contributed by atoms with Gasteiger partial charge >= 0.3 is 0 Å². The lowest BCUT2D eigenvalue weighted by atomic mass is 9.98. The number of anilines is 2. The number of rotatable bonds is 8. The summed E-state index contributed by atoms with van der Waals surface area (Å²) in [4.78, 5) is 13.3. The number of halogens is 1. The van der Waals surface area contributed by atoms with Gasteiger partial charge in [-0.05, 0) is 27.9 Å². The number of benzene rings is 1. The molecule has 1 aromatic heterocycles. The monoisotopic (exact) mass is 444 g/mol. The van der Waals surface area contributed by atoms with Crippen LogP contribution in [-0.2, 0) is 0 Å². The van der Waals surface area contributed by atoms with E-state index in [1.807, 2.05) is 0 Å². The number of piperazine rings is 1. The molecule has 1 unspecified atom stereocenters. The Morgan fingerprint density at radius 2 is 1.86 bits per heavy atom. The molecule has 0 amide bonds. The van der Waals surface area contributed by atoms with Crippen LogP contribution in [0.15, 0.2) is 36.7 Å². The van der Waals surface area contributed by atoms with Crippen LogP contribution in [-0.4, -0.2) is 45.7 Å². The van der Waals surface area contributed by atoms with Gasteiger partial charge in [0.25, 0.3) is 0 Å². The highest BCUT2D eigenvalue weighted by Crippen LogP contribution is 2.30. The molecule has 1 atom stereocenters. The lowest BCUT2D eigenvalue weighted by molar-refractivity contribution is 0.173. The molecule has 1 aliphatic rings. The first-order chi connectivity index (χ1) is 13.6. The summed E-state index contributed by atoms with van der Waals surface area (Å²) in [5.74, 6) is 1.09. The third kappa shape index (κ3) is 4.89. The van der Waals surface area contributed by atoms with Gasteiger partial charge in [-0.25, -0.2) is 9.97 Å². The van der Waals surface area contributed by atoms with Crippen molar-refractivity contribution >= 4 is 32.2 Å². The number of nitrogens with zero attached hydrogens (tertiary/aromatic N) is 4. The van der Waals surface area contributed by atoms with Crippen LogP contribution < -0.4 is 10.6 Å². The van der Waals surface area contributed by atoms with E-state index in [9.17, 15) is 0 Å². The van der Waals surface area contributed by atoms with Gasteiger partial charge in [0.15, 0.2) is 0 Å². The topological polar surface area (TPSA) is 82.1 Å². The summed E-state index contributed by atoms with van der Waals surface area (Å²) in [6, 6.07) is 11.3. The summed E-state index contributed by atoms with van der Waals surface area (Å²) in [6.07, 6.45) is 6.44. The third-order valence-corrected chi connectivity index (χ3v) is 5.79. The first-order valence-corrected chi connectivity index (χ1v) is 10.8. The van der Waals surface area contributed by atoms with Gasteiger partial charge in [0.1, 0.15) is 22.6 Å². The van der Waals surface area contributed by atoms with Crippen molar-refractivity contribution in [2.45, 2.75) is 38.6 Å². The highest BCUT2D eigenvalue weighted by atomic mass is 79.9. The number of unbranched alkanes of at least 4 members (excludes halogenated alkanes) is 2. The molecule has 0 bridgehead atoms. The predicted octanol–water partition coefficient (Wildman–Crippen LogP) is 4.22. The normalized spacial score (nSPS) is 16.1. The summed E-state index contributed by atoms with van der Waals surface area (Å²) < 4.78 is 0.227. The Morgan fingerprint density at radius 3 is 2.50 bits per heavy atom. The number of nitrogens with one attached hydrogen (secondary N) is 1. The molecule has 2 aromatic rings. The minimum atomic E-state index is 0.227. The van der Waals surface area contributed by atoms with Crippen LogP contribution in [0.2, 0.25) is 0 Å². The molecular weight excluding hydrogens is 416 g/mol. The first kappa shape index (κ1) is 20.7. The fourth-order valence-electron chi connectivity index (χ4n) is 3.91. The third-order valence-electron chi connectivity index (χ3n) is 5.40. The van der Waals surface area contributed by atoms with Gasteiger partial charge in [0.05, 0.1) is 5.56 Å². The number of nitrogens with two attached hydrogens (primary N) is 1. The zero-order chi connectivity index (χ0) is 19.9. The van der Waals surface area contributed by atoms with Gasteiger partial charge in [-0.15, -0.1) is 0 Å².